The Balaban J connectivity index is 0.00000972. The highest BCUT2D eigenvalue weighted by molar-refractivity contribution is 6.06. The molecular formula is C35H52ClN10O7+. The number of hydrogen-bond donors (Lipinski definition) is 9. The van der Waals surface area contributed by atoms with Crippen LogP contribution in [0.15, 0.2) is 43.0 Å². The van der Waals surface area contributed by atoms with Gasteiger partial charge in [-0.05, 0) is 37.2 Å². The van der Waals surface area contributed by atoms with Crippen LogP contribution >= 0.6 is 12.4 Å². The summed E-state index contributed by atoms with van der Waals surface area (Å²) >= 11 is 0. The van der Waals surface area contributed by atoms with Gasteiger partial charge in [-0.25, -0.2) is 14.8 Å². The maximum Gasteiger partial charge on any atom is 0.326 e. The maximum atomic E-state index is 13.3. The molecule has 0 saturated carbocycles. The van der Waals surface area contributed by atoms with Crippen molar-refractivity contribution < 1.29 is 39.6 Å². The van der Waals surface area contributed by atoms with E-state index in [1.54, 1.807) is 30.3 Å². The van der Waals surface area contributed by atoms with Crippen LogP contribution in [-0.2, 0) is 16.0 Å². The molecule has 0 aliphatic heterocycles. The Morgan fingerprint density at radius 1 is 0.736 bits per heavy atom. The standard InChI is InChI=1S/C35H50N10O7.ClH/c1-19(2)11-23(14-36)43-32(48)28-27(38-17-39-28)31(47)42-21(5)26(46)16-37-15-24(12-20(3)4)44-33(49)29-30(41-18-40-29)34(50)45-25(35(51)52)13-22-9-7-6-8-10-22;/h6-10,17-21,23-25,37H,11-16,36H2,1-5H3,(H,38,39)(H,40,41)(H,42,47)(H,43,48)(H,44,49)(H,45,50)(H,51,52);1H/p+1/t21-,23-,24-,25-;/m0./s1. The average Bonchev–Trinajstić information content (AvgIpc) is 3.78. The van der Waals surface area contributed by atoms with Gasteiger partial charge >= 0.3 is 5.97 Å². The summed E-state index contributed by atoms with van der Waals surface area (Å²) in [5.74, 6) is -3.76. The second kappa shape index (κ2) is 21.4. The quantitative estimate of drug-likeness (QED) is 0.0725. The number of quaternary nitrogens is 1. The Hall–Kier alpha value is -5.13. The zero-order chi connectivity index (χ0) is 38.4. The largest absolute Gasteiger partial charge is 0.480 e. The van der Waals surface area contributed by atoms with Gasteiger partial charge in [0.05, 0.1) is 37.8 Å². The van der Waals surface area contributed by atoms with E-state index in [4.69, 9.17) is 0 Å². The molecule has 11 N–H and O–H groups in total. The van der Waals surface area contributed by atoms with Crippen LogP contribution in [0, 0.1) is 11.8 Å². The van der Waals surface area contributed by atoms with E-state index in [0.717, 1.165) is 0 Å². The first kappa shape index (κ1) is 44.0. The normalized spacial score (nSPS) is 13.3. The third kappa shape index (κ3) is 13.7. The Bertz CT molecular complexity index is 1680. The van der Waals surface area contributed by atoms with Crippen LogP contribution in [0.1, 0.15) is 95.0 Å². The van der Waals surface area contributed by atoms with E-state index in [-0.39, 0.29) is 72.4 Å². The average molecular weight is 760 g/mol. The summed E-state index contributed by atoms with van der Waals surface area (Å²) in [6.07, 6.45) is 3.68. The topological polar surface area (TPSA) is 268 Å². The lowest BCUT2D eigenvalue weighted by Crippen LogP contribution is -2.60. The fourth-order valence-electron chi connectivity index (χ4n) is 5.52. The zero-order valence-electron chi connectivity index (χ0n) is 30.7. The van der Waals surface area contributed by atoms with E-state index in [9.17, 15) is 33.9 Å². The number of imidazole rings is 2. The number of carboxylic acid groups (broad SMARTS) is 1. The highest BCUT2D eigenvalue weighted by Gasteiger charge is 2.28. The molecule has 0 saturated heterocycles. The Morgan fingerprint density at radius 3 is 1.75 bits per heavy atom. The van der Waals surface area contributed by atoms with E-state index in [2.05, 4.69) is 52.3 Å². The van der Waals surface area contributed by atoms with Crippen LogP contribution in [0.4, 0.5) is 0 Å². The van der Waals surface area contributed by atoms with Crippen LogP contribution in [-0.4, -0.2) is 104 Å². The molecule has 0 fully saturated rings. The minimum atomic E-state index is -1.25. The summed E-state index contributed by atoms with van der Waals surface area (Å²) in [6.45, 7) is 10.0. The van der Waals surface area contributed by atoms with Crippen molar-refractivity contribution in [2.24, 2.45) is 11.8 Å². The van der Waals surface area contributed by atoms with Gasteiger partial charge in [0.1, 0.15) is 17.4 Å². The molecule has 0 aliphatic carbocycles. The van der Waals surface area contributed by atoms with E-state index in [0.29, 0.717) is 30.9 Å². The van der Waals surface area contributed by atoms with Gasteiger partial charge < -0.3 is 47.4 Å². The molecule has 53 heavy (non-hydrogen) atoms. The highest BCUT2D eigenvalue weighted by atomic mass is 35.5. The van der Waals surface area contributed by atoms with Crippen LogP contribution in [0.25, 0.3) is 0 Å². The Kier molecular flexibility index (Phi) is 17.8. The molecule has 17 nitrogen and oxygen atoms in total. The number of Topliss-reactive ketones (excluding diaryl/α,β-unsaturated/α-hetero) is 1. The lowest BCUT2D eigenvalue weighted by atomic mass is 10.0. The summed E-state index contributed by atoms with van der Waals surface area (Å²) in [5.41, 5.74) is 4.03. The van der Waals surface area contributed by atoms with Crippen molar-refractivity contribution >= 4 is 47.8 Å². The van der Waals surface area contributed by atoms with E-state index in [1.807, 2.05) is 27.7 Å². The first-order valence-corrected chi connectivity index (χ1v) is 17.3. The summed E-state index contributed by atoms with van der Waals surface area (Å²) in [4.78, 5) is 90.4. The number of ketones is 1. The van der Waals surface area contributed by atoms with Crippen molar-refractivity contribution in [3.05, 3.63) is 71.3 Å². The number of H-pyrrole nitrogens is 2. The summed E-state index contributed by atoms with van der Waals surface area (Å²) in [7, 11) is 0. The number of carbonyl (C=O) groups excluding carboxylic acids is 5. The smallest absolute Gasteiger partial charge is 0.326 e. The second-order valence-electron chi connectivity index (χ2n) is 13.5. The highest BCUT2D eigenvalue weighted by Crippen LogP contribution is 2.11. The Morgan fingerprint density at radius 2 is 1.25 bits per heavy atom. The van der Waals surface area contributed by atoms with Gasteiger partial charge in [0.25, 0.3) is 23.6 Å². The zero-order valence-corrected chi connectivity index (χ0v) is 31.5. The molecule has 0 bridgehead atoms. The molecule has 4 amide bonds. The summed E-state index contributed by atoms with van der Waals surface area (Å²) < 4.78 is 0. The molecule has 290 valence electrons. The van der Waals surface area contributed by atoms with Crippen LogP contribution < -0.4 is 32.3 Å². The predicted octanol–water partition coefficient (Wildman–Crippen LogP) is 0.488. The maximum absolute atomic E-state index is 13.3. The molecular weight excluding hydrogens is 708 g/mol. The number of aromatic amines is 2. The molecule has 2 heterocycles. The van der Waals surface area contributed by atoms with Gasteiger partial charge in [-0.3, -0.25) is 24.0 Å². The minimum Gasteiger partial charge on any atom is -0.480 e. The number of rotatable bonds is 21. The number of nitrogens with one attached hydrogen (secondary N) is 7. The van der Waals surface area contributed by atoms with Gasteiger partial charge in [-0.15, -0.1) is 12.4 Å². The summed E-state index contributed by atoms with van der Waals surface area (Å²) in [5, 5.41) is 23.5. The fraction of sp³-hybridized carbons (Fsp3) is 0.486. The van der Waals surface area contributed by atoms with Crippen molar-refractivity contribution in [2.45, 2.75) is 78.0 Å². The number of carbonyl (C=O) groups is 6. The first-order chi connectivity index (χ1) is 24.7. The molecule has 18 heteroatoms. The number of nitrogens with zero attached hydrogens (tertiary/aromatic N) is 2. The third-order valence-electron chi connectivity index (χ3n) is 8.10. The lowest BCUT2D eigenvalue weighted by molar-refractivity contribution is -0.373. The van der Waals surface area contributed by atoms with Crippen molar-refractivity contribution in [2.75, 3.05) is 19.6 Å². The third-order valence-corrected chi connectivity index (χ3v) is 8.10. The molecule has 0 aliphatic rings. The number of carboxylic acids is 1. The monoisotopic (exact) mass is 759 g/mol. The summed E-state index contributed by atoms with van der Waals surface area (Å²) in [6, 6.07) is 5.99. The van der Waals surface area contributed by atoms with Gasteiger partial charge in [0.2, 0.25) is 0 Å². The molecule has 1 aromatic carbocycles. The molecule has 0 radical (unpaired) electrons. The van der Waals surface area contributed by atoms with E-state index < -0.39 is 47.7 Å². The number of hydrogen-bond acceptors (Lipinski definition) is 9. The Labute approximate surface area is 314 Å². The van der Waals surface area contributed by atoms with Crippen LogP contribution in [0.2, 0.25) is 0 Å². The van der Waals surface area contributed by atoms with Crippen molar-refractivity contribution in [3.8, 4) is 0 Å². The van der Waals surface area contributed by atoms with E-state index >= 15 is 0 Å². The fourth-order valence-corrected chi connectivity index (χ4v) is 5.52. The van der Waals surface area contributed by atoms with Crippen LogP contribution in [0.3, 0.4) is 0 Å². The molecule has 0 unspecified atom stereocenters. The van der Waals surface area contributed by atoms with Crippen molar-refractivity contribution in [1.82, 2.24) is 46.5 Å². The van der Waals surface area contributed by atoms with Gasteiger partial charge in [-0.1, -0.05) is 58.0 Å². The second-order valence-corrected chi connectivity index (χ2v) is 13.5. The predicted molar refractivity (Wildman–Crippen MR) is 197 cm³/mol. The van der Waals surface area contributed by atoms with Gasteiger partial charge in [-0.2, -0.15) is 0 Å². The van der Waals surface area contributed by atoms with Gasteiger partial charge in [0.15, 0.2) is 17.2 Å². The van der Waals surface area contributed by atoms with E-state index in [1.165, 1.54) is 19.6 Å². The molecule has 4 atom stereocenters. The SMILES string of the molecule is CC(C)C[C@@H](C[NH3+])NC(=O)c1nc[nH]c1C(=O)N[C@@H](C)C(=O)CNC[C@H](CC(C)C)NC(=O)c1nc[nH]c1C(=O)N[C@@H](Cc1ccccc1)C(=O)O.Cl. The lowest BCUT2D eigenvalue weighted by Gasteiger charge is -2.21. The molecule has 0 spiro atoms. The number of halogens is 1. The molecule has 3 rings (SSSR count). The van der Waals surface area contributed by atoms with Crippen molar-refractivity contribution in [3.63, 3.8) is 0 Å². The molecule has 3 aromatic rings. The van der Waals surface area contributed by atoms with Gasteiger partial charge in [0, 0.05) is 19.0 Å². The number of aromatic nitrogens is 4. The first-order valence-electron chi connectivity index (χ1n) is 17.3. The number of benzene rings is 1. The number of aliphatic carboxylic acids is 1. The minimum absolute atomic E-state index is 0. The molecule has 2 aromatic heterocycles. The number of amides is 4. The van der Waals surface area contributed by atoms with Crippen LogP contribution in [0.5, 0.6) is 0 Å². The van der Waals surface area contributed by atoms with Crippen molar-refractivity contribution in [1.29, 1.82) is 0 Å².